The topological polar surface area (TPSA) is 70.2 Å². The van der Waals surface area contributed by atoms with E-state index in [0.717, 1.165) is 18.4 Å². The average Bonchev–Trinajstić information content (AvgIpc) is 2.42. The molecule has 1 aromatic carbocycles. The van der Waals surface area contributed by atoms with Crippen molar-refractivity contribution in [2.24, 2.45) is 5.92 Å². The lowest BCUT2D eigenvalue weighted by Crippen LogP contribution is -2.44. The minimum atomic E-state index is -0.211. The summed E-state index contributed by atoms with van der Waals surface area (Å²) in [5.41, 5.74) is 1.08. The Morgan fingerprint density at radius 3 is 2.36 bits per heavy atom. The van der Waals surface area contributed by atoms with E-state index in [9.17, 15) is 9.59 Å². The van der Waals surface area contributed by atoms with E-state index in [4.69, 9.17) is 11.6 Å². The molecule has 0 heterocycles. The molecule has 1 aromatic rings. The SMILES string of the molecule is CC(=O)NCCNC(=O)N[C@H](c1ccc(Cl)cc1)C1CCC1. The van der Waals surface area contributed by atoms with E-state index in [1.54, 1.807) is 0 Å². The van der Waals surface area contributed by atoms with Gasteiger partial charge >= 0.3 is 6.03 Å². The van der Waals surface area contributed by atoms with Crippen LogP contribution in [0.2, 0.25) is 5.02 Å². The Morgan fingerprint density at radius 2 is 1.82 bits per heavy atom. The highest BCUT2D eigenvalue weighted by atomic mass is 35.5. The Balaban J connectivity index is 1.88. The molecular formula is C16H22ClN3O2. The molecule has 3 N–H and O–H groups in total. The van der Waals surface area contributed by atoms with Gasteiger partial charge in [-0.15, -0.1) is 0 Å². The standard InChI is InChI=1S/C16H22ClN3O2/c1-11(21)18-9-10-19-16(22)20-15(12-3-2-4-12)13-5-7-14(17)8-6-13/h5-8,12,15H,2-4,9-10H2,1H3,(H,18,21)(H2,19,20,22)/t15-/m0/s1. The quantitative estimate of drug-likeness (QED) is 0.704. The number of carbonyl (C=O) groups excluding carboxylic acids is 2. The fourth-order valence-corrected chi connectivity index (χ4v) is 2.65. The van der Waals surface area contributed by atoms with Crippen LogP contribution in [0.1, 0.15) is 37.8 Å². The number of urea groups is 1. The van der Waals surface area contributed by atoms with Crippen LogP contribution in [0, 0.1) is 5.92 Å². The third-order valence-corrected chi connectivity index (χ3v) is 4.17. The first kappa shape index (κ1) is 16.6. The summed E-state index contributed by atoms with van der Waals surface area (Å²) in [6.45, 7) is 2.29. The van der Waals surface area contributed by atoms with Crippen molar-refractivity contribution in [3.8, 4) is 0 Å². The third kappa shape index (κ3) is 4.91. The van der Waals surface area contributed by atoms with Gasteiger partial charge in [0.1, 0.15) is 0 Å². The molecule has 0 aromatic heterocycles. The molecule has 0 aliphatic heterocycles. The third-order valence-electron chi connectivity index (χ3n) is 3.92. The summed E-state index contributed by atoms with van der Waals surface area (Å²) in [6, 6.07) is 7.41. The predicted octanol–water partition coefficient (Wildman–Crippen LogP) is 2.62. The van der Waals surface area contributed by atoms with Gasteiger partial charge in [-0.25, -0.2) is 4.79 Å². The number of amides is 3. The maximum Gasteiger partial charge on any atom is 0.315 e. The van der Waals surface area contributed by atoms with Crippen LogP contribution in [0.15, 0.2) is 24.3 Å². The molecule has 1 saturated carbocycles. The minimum absolute atomic E-state index is 0.00628. The molecule has 5 nitrogen and oxygen atoms in total. The Kier molecular flexibility index (Phi) is 6.07. The first-order valence-corrected chi connectivity index (χ1v) is 7.98. The van der Waals surface area contributed by atoms with Gasteiger partial charge in [0.15, 0.2) is 0 Å². The van der Waals surface area contributed by atoms with Crippen molar-refractivity contribution in [2.45, 2.75) is 32.2 Å². The lowest BCUT2D eigenvalue weighted by atomic mass is 9.77. The van der Waals surface area contributed by atoms with Crippen LogP contribution >= 0.6 is 11.6 Å². The molecule has 2 rings (SSSR count). The molecule has 1 atom stereocenters. The molecule has 1 fully saturated rings. The Bertz CT molecular complexity index is 515. The molecule has 1 aliphatic rings. The van der Waals surface area contributed by atoms with Crippen LogP contribution < -0.4 is 16.0 Å². The Morgan fingerprint density at radius 1 is 1.18 bits per heavy atom. The van der Waals surface area contributed by atoms with Gasteiger partial charge in [-0.1, -0.05) is 30.2 Å². The lowest BCUT2D eigenvalue weighted by Gasteiger charge is -2.34. The number of nitrogens with one attached hydrogen (secondary N) is 3. The number of carbonyl (C=O) groups is 2. The van der Waals surface area contributed by atoms with Crippen LogP contribution in [0.25, 0.3) is 0 Å². The molecule has 0 bridgehead atoms. The molecule has 0 saturated heterocycles. The fourth-order valence-electron chi connectivity index (χ4n) is 2.52. The highest BCUT2D eigenvalue weighted by Crippen LogP contribution is 2.37. The fraction of sp³-hybridized carbons (Fsp3) is 0.500. The van der Waals surface area contributed by atoms with Crippen molar-refractivity contribution in [1.29, 1.82) is 0 Å². The first-order valence-electron chi connectivity index (χ1n) is 7.60. The maximum atomic E-state index is 12.0. The van der Waals surface area contributed by atoms with Gasteiger partial charge in [0.2, 0.25) is 5.91 Å². The summed E-state index contributed by atoms with van der Waals surface area (Å²) in [6.07, 6.45) is 3.46. The molecule has 0 unspecified atom stereocenters. The second-order valence-corrected chi connectivity index (χ2v) is 6.04. The van der Waals surface area contributed by atoms with Crippen molar-refractivity contribution in [1.82, 2.24) is 16.0 Å². The number of benzene rings is 1. The molecular weight excluding hydrogens is 302 g/mol. The van der Waals surface area contributed by atoms with Crippen LogP contribution in [-0.4, -0.2) is 25.0 Å². The minimum Gasteiger partial charge on any atom is -0.355 e. The zero-order valence-electron chi connectivity index (χ0n) is 12.7. The number of rotatable bonds is 6. The van der Waals surface area contributed by atoms with Crippen LogP contribution in [0.4, 0.5) is 4.79 Å². The van der Waals surface area contributed by atoms with E-state index in [0.29, 0.717) is 24.0 Å². The number of hydrogen-bond donors (Lipinski definition) is 3. The van der Waals surface area contributed by atoms with Gasteiger partial charge in [-0.2, -0.15) is 0 Å². The van der Waals surface area contributed by atoms with Crippen LogP contribution in [0.3, 0.4) is 0 Å². The van der Waals surface area contributed by atoms with E-state index in [-0.39, 0.29) is 18.0 Å². The van der Waals surface area contributed by atoms with Gasteiger partial charge in [-0.05, 0) is 36.5 Å². The van der Waals surface area contributed by atoms with E-state index in [2.05, 4.69) is 16.0 Å². The van der Waals surface area contributed by atoms with Crippen molar-refractivity contribution in [2.75, 3.05) is 13.1 Å². The van der Waals surface area contributed by atoms with Crippen molar-refractivity contribution in [3.63, 3.8) is 0 Å². The zero-order chi connectivity index (χ0) is 15.9. The zero-order valence-corrected chi connectivity index (χ0v) is 13.5. The molecule has 1 aliphatic carbocycles. The lowest BCUT2D eigenvalue weighted by molar-refractivity contribution is -0.118. The average molecular weight is 324 g/mol. The van der Waals surface area contributed by atoms with E-state index in [1.807, 2.05) is 24.3 Å². The molecule has 22 heavy (non-hydrogen) atoms. The normalized spacial score (nSPS) is 15.5. The first-order chi connectivity index (χ1) is 10.6. The predicted molar refractivity (Wildman–Crippen MR) is 86.8 cm³/mol. The van der Waals surface area contributed by atoms with Crippen molar-refractivity contribution < 1.29 is 9.59 Å². The monoisotopic (exact) mass is 323 g/mol. The second kappa shape index (κ2) is 8.03. The van der Waals surface area contributed by atoms with Crippen molar-refractivity contribution >= 4 is 23.5 Å². The van der Waals surface area contributed by atoms with Gasteiger partial charge < -0.3 is 16.0 Å². The van der Waals surface area contributed by atoms with Crippen LogP contribution in [0.5, 0.6) is 0 Å². The molecule has 0 spiro atoms. The van der Waals surface area contributed by atoms with Gasteiger partial charge in [-0.3, -0.25) is 4.79 Å². The molecule has 6 heteroatoms. The number of hydrogen-bond acceptors (Lipinski definition) is 2. The summed E-state index contributed by atoms with van der Waals surface area (Å²) in [4.78, 5) is 22.8. The smallest absolute Gasteiger partial charge is 0.315 e. The van der Waals surface area contributed by atoms with E-state index < -0.39 is 0 Å². The van der Waals surface area contributed by atoms with Gasteiger partial charge in [0.05, 0.1) is 6.04 Å². The molecule has 3 amide bonds. The summed E-state index contributed by atoms with van der Waals surface area (Å²) in [5, 5.41) is 9.13. The second-order valence-electron chi connectivity index (χ2n) is 5.60. The summed E-state index contributed by atoms with van der Waals surface area (Å²) in [5.74, 6) is 0.373. The highest BCUT2D eigenvalue weighted by molar-refractivity contribution is 6.30. The summed E-state index contributed by atoms with van der Waals surface area (Å²) >= 11 is 5.93. The Hall–Kier alpha value is -1.75. The maximum absolute atomic E-state index is 12.0. The van der Waals surface area contributed by atoms with Gasteiger partial charge in [0, 0.05) is 25.0 Å². The number of halogens is 1. The molecule has 120 valence electrons. The molecule has 0 radical (unpaired) electrons. The van der Waals surface area contributed by atoms with Gasteiger partial charge in [0.25, 0.3) is 0 Å². The van der Waals surface area contributed by atoms with Crippen LogP contribution in [-0.2, 0) is 4.79 Å². The Labute approximate surface area is 135 Å². The van der Waals surface area contributed by atoms with E-state index >= 15 is 0 Å². The summed E-state index contributed by atoms with van der Waals surface area (Å²) in [7, 11) is 0. The largest absolute Gasteiger partial charge is 0.355 e. The van der Waals surface area contributed by atoms with Crippen molar-refractivity contribution in [3.05, 3.63) is 34.9 Å². The highest BCUT2D eigenvalue weighted by Gasteiger charge is 2.29. The summed E-state index contributed by atoms with van der Waals surface area (Å²) < 4.78 is 0. The van der Waals surface area contributed by atoms with E-state index in [1.165, 1.54) is 13.3 Å².